The van der Waals surface area contributed by atoms with Gasteiger partial charge in [0.25, 0.3) is 0 Å². The van der Waals surface area contributed by atoms with Gasteiger partial charge in [0.1, 0.15) is 17.2 Å². The van der Waals surface area contributed by atoms with Crippen LogP contribution >= 0.6 is 0 Å². The predicted molar refractivity (Wildman–Crippen MR) is 95.0 cm³/mol. The Morgan fingerprint density at radius 3 is 1.88 bits per heavy atom. The summed E-state index contributed by atoms with van der Waals surface area (Å²) < 4.78 is 0. The van der Waals surface area contributed by atoms with Gasteiger partial charge in [-0.3, -0.25) is 4.99 Å². The summed E-state index contributed by atoms with van der Waals surface area (Å²) >= 11 is 0. The van der Waals surface area contributed by atoms with E-state index in [0.717, 1.165) is 0 Å². The molecule has 0 amide bonds. The Bertz CT molecular complexity index is 836. The van der Waals surface area contributed by atoms with Gasteiger partial charge in [0, 0.05) is 50.8 Å². The molecular weight excluding hydrogens is 497 g/mol. The third-order valence-electron chi connectivity index (χ3n) is 3.31. The van der Waals surface area contributed by atoms with Gasteiger partial charge in [-0.1, -0.05) is 24.3 Å². The average molecular weight is 512 g/mol. The van der Waals surface area contributed by atoms with Crippen LogP contribution in [0, 0.1) is 0 Å². The molecule has 1 aromatic heterocycles. The predicted octanol–water partition coefficient (Wildman–Crippen LogP) is 3.99. The van der Waals surface area contributed by atoms with Gasteiger partial charge in [-0.05, 0) is 36.4 Å². The van der Waals surface area contributed by atoms with Crippen molar-refractivity contribution < 1.29 is 31.3 Å². The zero-order chi connectivity index (χ0) is 16.8. The van der Waals surface area contributed by atoms with Gasteiger partial charge < -0.3 is 10.2 Å². The molecule has 0 fully saturated rings. The Labute approximate surface area is 159 Å². The summed E-state index contributed by atoms with van der Waals surface area (Å²) in [6, 6.07) is 17.4. The largest absolute Gasteiger partial charge is 0.507 e. The molecule has 0 unspecified atom stereocenters. The minimum absolute atomic E-state index is 0. The van der Waals surface area contributed by atoms with Gasteiger partial charge in [-0.15, -0.1) is 0 Å². The van der Waals surface area contributed by atoms with Crippen molar-refractivity contribution in [2.75, 3.05) is 0 Å². The smallest absolute Gasteiger partial charge is 0.178 e. The van der Waals surface area contributed by atoms with Crippen LogP contribution < -0.4 is 0 Å². The molecule has 0 aliphatic rings. The van der Waals surface area contributed by atoms with Crippen molar-refractivity contribution in [2.45, 2.75) is 0 Å². The minimum atomic E-state index is 0. The van der Waals surface area contributed by atoms with Crippen molar-refractivity contribution in [3.63, 3.8) is 0 Å². The summed E-state index contributed by atoms with van der Waals surface area (Å²) in [4.78, 5) is 12.9. The molecular formula is C19H15N3O2Pt. The molecule has 3 rings (SSSR count). The molecule has 25 heavy (non-hydrogen) atoms. The molecule has 128 valence electrons. The van der Waals surface area contributed by atoms with E-state index in [1.54, 1.807) is 60.9 Å². The second kappa shape index (κ2) is 8.90. The Hall–Kier alpha value is -2.78. The molecule has 0 atom stereocenters. The van der Waals surface area contributed by atoms with Crippen LogP contribution in [-0.2, 0) is 21.1 Å². The summed E-state index contributed by atoms with van der Waals surface area (Å²) in [5, 5.41) is 19.5. The van der Waals surface area contributed by atoms with Crippen LogP contribution in [0.15, 0.2) is 76.8 Å². The topological polar surface area (TPSA) is 78.1 Å². The molecule has 2 aromatic carbocycles. The van der Waals surface area contributed by atoms with Crippen molar-refractivity contribution in [3.8, 4) is 11.5 Å². The molecule has 1 heterocycles. The molecule has 0 bridgehead atoms. The number of para-hydroxylation sites is 2. The van der Waals surface area contributed by atoms with Crippen LogP contribution in [0.1, 0.15) is 11.1 Å². The standard InChI is InChI=1S/C19H15N3O2.Pt/c23-17-9-3-1-6-14(17)12-21-16-8-5-11-20-19(16)22-13-15-7-2-4-10-18(15)24;/h1-13,23-24H;/b21-12?,22-13+;. The number of nitrogens with zero attached hydrogens (tertiary/aromatic N) is 3. The average Bonchev–Trinajstić information content (AvgIpc) is 2.61. The van der Waals surface area contributed by atoms with Gasteiger partial charge in [0.15, 0.2) is 5.82 Å². The van der Waals surface area contributed by atoms with Gasteiger partial charge in [0.2, 0.25) is 0 Å². The van der Waals surface area contributed by atoms with Crippen molar-refractivity contribution in [1.29, 1.82) is 0 Å². The maximum atomic E-state index is 9.78. The van der Waals surface area contributed by atoms with E-state index in [1.807, 2.05) is 12.1 Å². The maximum Gasteiger partial charge on any atom is 0.178 e. The molecule has 6 heteroatoms. The summed E-state index contributed by atoms with van der Waals surface area (Å²) in [5.74, 6) is 0.730. The number of phenolic OH excluding ortho intramolecular Hbond substituents is 2. The van der Waals surface area contributed by atoms with Crippen LogP contribution in [0.3, 0.4) is 0 Å². The van der Waals surface area contributed by atoms with E-state index in [9.17, 15) is 10.2 Å². The quantitative estimate of drug-likeness (QED) is 0.519. The molecule has 0 aliphatic carbocycles. The van der Waals surface area contributed by atoms with Crippen LogP contribution in [0.2, 0.25) is 0 Å². The van der Waals surface area contributed by atoms with Crippen LogP contribution in [-0.4, -0.2) is 27.6 Å². The second-order valence-corrected chi connectivity index (χ2v) is 4.98. The molecule has 0 saturated carbocycles. The fourth-order valence-electron chi connectivity index (χ4n) is 2.05. The van der Waals surface area contributed by atoms with Crippen molar-refractivity contribution in [1.82, 2.24) is 4.98 Å². The number of hydrogen-bond acceptors (Lipinski definition) is 5. The molecule has 0 aliphatic heterocycles. The van der Waals surface area contributed by atoms with Gasteiger partial charge in [-0.2, -0.15) is 0 Å². The first-order valence-corrected chi connectivity index (χ1v) is 7.33. The Kier molecular flexibility index (Phi) is 6.61. The number of hydrogen-bond donors (Lipinski definition) is 2. The molecule has 0 spiro atoms. The van der Waals surface area contributed by atoms with E-state index in [4.69, 9.17) is 0 Å². The normalized spacial score (nSPS) is 10.9. The molecule has 0 radical (unpaired) electrons. The van der Waals surface area contributed by atoms with Gasteiger partial charge in [0.05, 0.1) is 0 Å². The summed E-state index contributed by atoms with van der Waals surface area (Å²) in [5.41, 5.74) is 1.77. The van der Waals surface area contributed by atoms with E-state index in [-0.39, 0.29) is 32.6 Å². The minimum Gasteiger partial charge on any atom is -0.507 e. The van der Waals surface area contributed by atoms with E-state index >= 15 is 0 Å². The number of benzene rings is 2. The number of aromatic hydroxyl groups is 2. The summed E-state index contributed by atoms with van der Waals surface area (Å²) in [6.45, 7) is 0. The van der Waals surface area contributed by atoms with E-state index in [1.165, 1.54) is 6.21 Å². The Balaban J connectivity index is 0.00000225. The summed E-state index contributed by atoms with van der Waals surface area (Å²) in [6.07, 6.45) is 4.72. The number of phenols is 2. The first-order valence-electron chi connectivity index (χ1n) is 7.33. The number of rotatable bonds is 4. The van der Waals surface area contributed by atoms with E-state index in [0.29, 0.717) is 22.6 Å². The van der Waals surface area contributed by atoms with Crippen molar-refractivity contribution in [3.05, 3.63) is 78.0 Å². The summed E-state index contributed by atoms with van der Waals surface area (Å²) in [7, 11) is 0. The van der Waals surface area contributed by atoms with Crippen LogP contribution in [0.4, 0.5) is 11.5 Å². The third kappa shape index (κ3) is 4.84. The van der Waals surface area contributed by atoms with Gasteiger partial charge >= 0.3 is 0 Å². The first kappa shape index (κ1) is 18.6. The monoisotopic (exact) mass is 512 g/mol. The fraction of sp³-hybridized carbons (Fsp3) is 0. The maximum absolute atomic E-state index is 9.78. The molecule has 3 aromatic rings. The Morgan fingerprint density at radius 1 is 0.720 bits per heavy atom. The van der Waals surface area contributed by atoms with Crippen molar-refractivity contribution >= 4 is 23.9 Å². The zero-order valence-corrected chi connectivity index (χ0v) is 15.3. The van der Waals surface area contributed by atoms with E-state index in [2.05, 4.69) is 15.0 Å². The number of pyridine rings is 1. The number of aliphatic imine (C=N–C) groups is 2. The fourth-order valence-corrected chi connectivity index (χ4v) is 2.05. The molecule has 0 saturated heterocycles. The third-order valence-corrected chi connectivity index (χ3v) is 3.31. The second-order valence-electron chi connectivity index (χ2n) is 4.98. The van der Waals surface area contributed by atoms with Crippen molar-refractivity contribution in [2.24, 2.45) is 9.98 Å². The van der Waals surface area contributed by atoms with E-state index < -0.39 is 0 Å². The zero-order valence-electron chi connectivity index (χ0n) is 13.1. The van der Waals surface area contributed by atoms with Crippen LogP contribution in [0.25, 0.3) is 0 Å². The SMILES string of the molecule is Oc1ccccc1C=Nc1cccnc1/N=C/c1ccccc1O.[Pt]. The molecule has 2 N–H and O–H groups in total. The Morgan fingerprint density at radius 2 is 1.28 bits per heavy atom. The number of aromatic nitrogens is 1. The first-order chi connectivity index (χ1) is 11.7. The molecule has 5 nitrogen and oxygen atoms in total. The van der Waals surface area contributed by atoms with Gasteiger partial charge in [-0.25, -0.2) is 9.98 Å². The van der Waals surface area contributed by atoms with Crippen LogP contribution in [0.5, 0.6) is 11.5 Å².